The molecule has 0 unspecified atom stereocenters. The Hall–Kier alpha value is -3.53. The molecule has 2 aliphatic rings. The molecule has 4 rings (SSSR count). The highest BCUT2D eigenvalue weighted by Crippen LogP contribution is 2.48. The van der Waals surface area contributed by atoms with E-state index >= 15 is 0 Å². The Morgan fingerprint density at radius 3 is 2.34 bits per heavy atom. The van der Waals surface area contributed by atoms with Crippen LogP contribution in [0.1, 0.15) is 19.4 Å². The smallest absolute Gasteiger partial charge is 0.365 e. The number of rotatable bonds is 5. The molecule has 1 amide bonds. The van der Waals surface area contributed by atoms with E-state index in [2.05, 4.69) is 10.2 Å². The average molecular weight is 454 g/mol. The number of benzene rings is 2. The first kappa shape index (κ1) is 21.7. The summed E-state index contributed by atoms with van der Waals surface area (Å²) >= 11 is 1.12. The molecule has 2 aliphatic heterocycles. The van der Waals surface area contributed by atoms with Gasteiger partial charge in [0.2, 0.25) is 11.0 Å². The van der Waals surface area contributed by atoms with Gasteiger partial charge in [0.05, 0.1) is 19.4 Å². The highest BCUT2D eigenvalue weighted by atomic mass is 32.2. The van der Waals surface area contributed by atoms with E-state index in [1.54, 1.807) is 19.0 Å². The molecule has 0 aliphatic carbocycles. The minimum atomic E-state index is -1.25. The Morgan fingerprint density at radius 1 is 1.06 bits per heavy atom. The standard InChI is InChI=1S/C22H23N5O4S/c1-5-31-21(29)20-24-27(17-9-7-6-8-10-17)22(32-20)25(3)19(23-26(22)15(2)28)16-11-13-18(30-4)14-12-16/h6-14H,5H2,1-4H3/t22-/m0/s1. The van der Waals surface area contributed by atoms with E-state index in [0.29, 0.717) is 17.3 Å². The number of carbonyl (C=O) groups excluding carboxylic acids is 2. The number of amidine groups is 1. The summed E-state index contributed by atoms with van der Waals surface area (Å²) in [5, 5.41) is 11.1. The number of nitrogens with zero attached hydrogens (tertiary/aromatic N) is 5. The number of carbonyl (C=O) groups is 2. The number of para-hydroxylation sites is 1. The van der Waals surface area contributed by atoms with Gasteiger partial charge in [-0.25, -0.2) is 9.80 Å². The van der Waals surface area contributed by atoms with E-state index in [1.165, 1.54) is 11.9 Å². The molecule has 0 N–H and O–H groups in total. The van der Waals surface area contributed by atoms with Crippen LogP contribution in [0.2, 0.25) is 0 Å². The number of thioether (sulfide) groups is 1. The summed E-state index contributed by atoms with van der Waals surface area (Å²) < 4.78 is 10.4. The molecule has 0 bridgehead atoms. The molecule has 0 fully saturated rings. The Bertz CT molecular complexity index is 1090. The summed E-state index contributed by atoms with van der Waals surface area (Å²) in [6.45, 7) is 3.38. The number of amides is 1. The summed E-state index contributed by atoms with van der Waals surface area (Å²) in [7, 11) is 3.42. The van der Waals surface area contributed by atoms with Gasteiger partial charge in [-0.2, -0.15) is 10.1 Å². The van der Waals surface area contributed by atoms with Crippen molar-refractivity contribution in [2.45, 2.75) is 19.0 Å². The van der Waals surface area contributed by atoms with Crippen LogP contribution in [0, 0.1) is 0 Å². The lowest BCUT2D eigenvalue weighted by molar-refractivity contribution is -0.135. The third-order valence-corrected chi connectivity index (χ3v) is 6.36. The molecule has 1 spiro atoms. The minimum absolute atomic E-state index is 0.139. The van der Waals surface area contributed by atoms with Crippen LogP contribution >= 0.6 is 11.8 Å². The molecule has 1 atom stereocenters. The summed E-state index contributed by atoms with van der Waals surface area (Å²) in [6, 6.07) is 16.7. The second-order valence-electron chi connectivity index (χ2n) is 6.99. The fourth-order valence-electron chi connectivity index (χ4n) is 3.54. The molecule has 0 saturated carbocycles. The van der Waals surface area contributed by atoms with Crippen molar-refractivity contribution in [3.8, 4) is 5.75 Å². The zero-order chi connectivity index (χ0) is 22.9. The normalized spacial score (nSPS) is 19.8. The fraction of sp³-hybridized carbons (Fsp3) is 0.273. The quantitative estimate of drug-likeness (QED) is 0.644. The van der Waals surface area contributed by atoms with Crippen LogP contribution in [0.5, 0.6) is 5.75 Å². The van der Waals surface area contributed by atoms with Gasteiger partial charge in [0.15, 0.2) is 5.84 Å². The predicted octanol–water partition coefficient (Wildman–Crippen LogP) is 2.89. The van der Waals surface area contributed by atoms with Crippen molar-refractivity contribution < 1.29 is 19.1 Å². The third-order valence-electron chi connectivity index (χ3n) is 5.02. The summed E-state index contributed by atoms with van der Waals surface area (Å²) in [4.78, 5) is 27.2. The molecule has 0 radical (unpaired) electrons. The molecule has 2 aromatic rings. The molecule has 10 heteroatoms. The maximum absolute atomic E-state index is 12.8. The first-order valence-electron chi connectivity index (χ1n) is 10.00. The van der Waals surface area contributed by atoms with Gasteiger partial charge < -0.3 is 14.4 Å². The van der Waals surface area contributed by atoms with Crippen molar-refractivity contribution in [3.05, 3.63) is 60.2 Å². The molecule has 0 aromatic heterocycles. The number of hydrogen-bond donors (Lipinski definition) is 0. The molecule has 0 saturated heterocycles. The SMILES string of the molecule is CCOC(=O)C1=NN(c2ccccc2)[C@]2(S1)N(C)C(c1ccc(OC)cc1)=NN2C(C)=O. The average Bonchev–Trinajstić information content (AvgIpc) is 3.34. The highest BCUT2D eigenvalue weighted by Gasteiger charge is 2.60. The monoisotopic (exact) mass is 453 g/mol. The fourth-order valence-corrected chi connectivity index (χ4v) is 4.77. The minimum Gasteiger partial charge on any atom is -0.497 e. The van der Waals surface area contributed by atoms with Gasteiger partial charge in [0.25, 0.3) is 5.12 Å². The van der Waals surface area contributed by atoms with Gasteiger partial charge in [0, 0.05) is 19.5 Å². The molecule has 2 aromatic carbocycles. The third kappa shape index (κ3) is 3.46. The number of methoxy groups -OCH3 is 1. The van der Waals surface area contributed by atoms with Crippen LogP contribution in [-0.2, 0) is 14.3 Å². The van der Waals surface area contributed by atoms with Crippen LogP contribution < -0.4 is 9.75 Å². The van der Waals surface area contributed by atoms with Gasteiger partial charge in [-0.15, -0.1) is 5.10 Å². The Morgan fingerprint density at radius 2 is 1.75 bits per heavy atom. The molecule has 166 valence electrons. The zero-order valence-electron chi connectivity index (χ0n) is 18.2. The highest BCUT2D eigenvalue weighted by molar-refractivity contribution is 8.17. The van der Waals surface area contributed by atoms with Crippen LogP contribution in [0.15, 0.2) is 64.8 Å². The van der Waals surface area contributed by atoms with Crippen molar-refractivity contribution in [1.29, 1.82) is 0 Å². The van der Waals surface area contributed by atoms with Crippen LogP contribution in [-0.4, -0.2) is 58.5 Å². The van der Waals surface area contributed by atoms with Gasteiger partial charge in [0.1, 0.15) is 5.75 Å². The molecular weight excluding hydrogens is 430 g/mol. The zero-order valence-corrected chi connectivity index (χ0v) is 19.0. The summed E-state index contributed by atoms with van der Waals surface area (Å²) in [5.74, 6) is 0.415. The van der Waals surface area contributed by atoms with E-state index in [4.69, 9.17) is 9.47 Å². The molecule has 2 heterocycles. The maximum atomic E-state index is 12.8. The lowest BCUT2D eigenvalue weighted by atomic mass is 10.2. The molecule has 9 nitrogen and oxygen atoms in total. The van der Waals surface area contributed by atoms with Gasteiger partial charge in [-0.1, -0.05) is 18.2 Å². The predicted molar refractivity (Wildman–Crippen MR) is 123 cm³/mol. The second-order valence-corrected chi connectivity index (χ2v) is 8.13. The second kappa shape index (κ2) is 8.54. The van der Waals surface area contributed by atoms with Crippen LogP contribution in [0.4, 0.5) is 5.69 Å². The van der Waals surface area contributed by atoms with Crippen molar-refractivity contribution in [1.82, 2.24) is 9.91 Å². The largest absolute Gasteiger partial charge is 0.497 e. The Balaban J connectivity index is 1.82. The van der Waals surface area contributed by atoms with E-state index in [0.717, 1.165) is 17.3 Å². The summed E-state index contributed by atoms with van der Waals surface area (Å²) in [5.41, 5.74) is 1.48. The van der Waals surface area contributed by atoms with Crippen molar-refractivity contribution in [2.75, 3.05) is 25.8 Å². The van der Waals surface area contributed by atoms with E-state index < -0.39 is 11.1 Å². The number of hydrogen-bond acceptors (Lipinski definition) is 9. The van der Waals surface area contributed by atoms with Gasteiger partial charge >= 0.3 is 5.97 Å². The van der Waals surface area contributed by atoms with E-state index in [1.807, 2.05) is 66.5 Å². The summed E-state index contributed by atoms with van der Waals surface area (Å²) in [6.07, 6.45) is 0. The number of ether oxygens (including phenoxy) is 2. The first-order chi connectivity index (χ1) is 15.4. The molecule has 32 heavy (non-hydrogen) atoms. The van der Waals surface area contributed by atoms with E-state index in [9.17, 15) is 9.59 Å². The van der Waals surface area contributed by atoms with Crippen molar-refractivity contribution in [2.24, 2.45) is 10.2 Å². The maximum Gasteiger partial charge on any atom is 0.365 e. The van der Waals surface area contributed by atoms with Crippen molar-refractivity contribution in [3.63, 3.8) is 0 Å². The lowest BCUT2D eigenvalue weighted by Crippen LogP contribution is -2.61. The molecular formula is C22H23N5O4S. The van der Waals surface area contributed by atoms with Crippen molar-refractivity contribution >= 4 is 40.2 Å². The number of anilines is 1. The Kier molecular flexibility index (Phi) is 5.79. The number of hydrazone groups is 2. The number of esters is 1. The first-order valence-corrected chi connectivity index (χ1v) is 10.8. The van der Waals surface area contributed by atoms with Crippen LogP contribution in [0.25, 0.3) is 0 Å². The topological polar surface area (TPSA) is 87.0 Å². The van der Waals surface area contributed by atoms with Gasteiger partial charge in [-0.3, -0.25) is 4.79 Å². The van der Waals surface area contributed by atoms with Gasteiger partial charge in [-0.05, 0) is 55.1 Å². The van der Waals surface area contributed by atoms with Crippen LogP contribution in [0.3, 0.4) is 0 Å². The Labute approximate surface area is 190 Å². The lowest BCUT2D eigenvalue weighted by Gasteiger charge is -2.42. The van der Waals surface area contributed by atoms with E-state index in [-0.39, 0.29) is 17.6 Å².